The second-order valence-corrected chi connectivity index (χ2v) is 3.50. The molecule has 4 heteroatoms. The Morgan fingerprint density at radius 1 is 1.50 bits per heavy atom. The topological polar surface area (TPSA) is 38.2 Å². The molecule has 1 heterocycles. The molecule has 0 aromatic heterocycles. The quantitative estimate of drug-likeness (QED) is 0.734. The number of rotatable bonds is 2. The van der Waals surface area contributed by atoms with Crippen LogP contribution in [0.25, 0.3) is 5.43 Å². The molecule has 0 unspecified atom stereocenters. The first-order valence-corrected chi connectivity index (χ1v) is 5.13. The minimum absolute atomic E-state index is 0.986. The first-order chi connectivity index (χ1) is 5.90. The van der Waals surface area contributed by atoms with Gasteiger partial charge in [-0.15, -0.1) is 5.69 Å². The molecule has 0 fully saturated rings. The molecule has 0 amide bonds. The van der Waals surface area contributed by atoms with E-state index in [9.17, 15) is 0 Å². The zero-order chi connectivity index (χ0) is 8.39. The van der Waals surface area contributed by atoms with Crippen molar-refractivity contribution in [1.82, 2.24) is 5.53 Å². The van der Waals surface area contributed by atoms with Gasteiger partial charge in [-0.2, -0.15) is 11.8 Å². The Bertz CT molecular complexity index is 288. The van der Waals surface area contributed by atoms with Gasteiger partial charge in [0.1, 0.15) is 0 Å². The van der Waals surface area contributed by atoms with Gasteiger partial charge in [0.05, 0.1) is 0 Å². The lowest BCUT2D eigenvalue weighted by molar-refractivity contribution is 1.07. The monoisotopic (exact) mass is 180 g/mol. The summed E-state index contributed by atoms with van der Waals surface area (Å²) in [5.74, 6) is 1.05. The molecule has 1 aliphatic heterocycles. The Morgan fingerprint density at radius 3 is 3.25 bits per heavy atom. The maximum absolute atomic E-state index is 4.03. The number of anilines is 1. The van der Waals surface area contributed by atoms with E-state index in [0.29, 0.717) is 0 Å². The molecule has 0 saturated carbocycles. The van der Waals surface area contributed by atoms with Crippen LogP contribution in [0.5, 0.6) is 0 Å². The van der Waals surface area contributed by atoms with E-state index in [-0.39, 0.29) is 0 Å². The van der Waals surface area contributed by atoms with Crippen molar-refractivity contribution in [3.63, 3.8) is 0 Å². The fraction of sp³-hybridized carbons (Fsp3) is 0.250. The van der Waals surface area contributed by atoms with Crippen molar-refractivity contribution < 1.29 is 0 Å². The van der Waals surface area contributed by atoms with E-state index in [1.807, 2.05) is 17.8 Å². The number of thioether (sulfide) groups is 1. The van der Waals surface area contributed by atoms with Crippen molar-refractivity contribution in [2.24, 2.45) is 0 Å². The first kappa shape index (κ1) is 7.76. The fourth-order valence-electron chi connectivity index (χ4n) is 1.19. The van der Waals surface area contributed by atoms with E-state index in [4.69, 9.17) is 0 Å². The minimum atomic E-state index is 0.986. The van der Waals surface area contributed by atoms with Crippen molar-refractivity contribution in [3.8, 4) is 0 Å². The Balaban J connectivity index is 2.26. The minimum Gasteiger partial charge on any atom is -0.602 e. The van der Waals surface area contributed by atoms with Gasteiger partial charge in [0, 0.05) is 11.4 Å². The maximum Gasteiger partial charge on any atom is 0.0337 e. The highest BCUT2D eigenvalue weighted by atomic mass is 32.2. The van der Waals surface area contributed by atoms with E-state index < -0.39 is 0 Å². The molecule has 0 saturated heterocycles. The lowest BCUT2D eigenvalue weighted by atomic mass is 10.2. The molecule has 1 aromatic rings. The highest BCUT2D eigenvalue weighted by Crippen LogP contribution is 2.32. The zero-order valence-corrected chi connectivity index (χ0v) is 7.61. The van der Waals surface area contributed by atoms with Crippen LogP contribution in [0.4, 0.5) is 11.4 Å². The molecular weight excluding hydrogens is 170 g/mol. The number of nitrogens with one attached hydrogen (secondary N) is 2. The molecular formula is C8H10N3S-. The Hall–Kier alpha value is -0.870. The van der Waals surface area contributed by atoms with E-state index in [0.717, 1.165) is 17.1 Å². The number of hydrogen-bond donors (Lipinski definition) is 2. The molecule has 1 aliphatic rings. The van der Waals surface area contributed by atoms with Crippen LogP contribution in [0.2, 0.25) is 0 Å². The van der Waals surface area contributed by atoms with Gasteiger partial charge >= 0.3 is 0 Å². The predicted molar refractivity (Wildman–Crippen MR) is 53.4 cm³/mol. The highest BCUT2D eigenvalue weighted by Gasteiger charge is 1.99. The molecule has 1 aromatic carbocycles. The number of hydrogen-bond acceptors (Lipinski definition) is 3. The van der Waals surface area contributed by atoms with Crippen molar-refractivity contribution in [2.45, 2.75) is 5.75 Å². The lowest BCUT2D eigenvalue weighted by Gasteiger charge is -2.10. The van der Waals surface area contributed by atoms with Gasteiger partial charge in [-0.3, -0.25) is 0 Å². The summed E-state index contributed by atoms with van der Waals surface area (Å²) in [5, 5.41) is 0. The third-order valence-electron chi connectivity index (χ3n) is 1.74. The molecule has 2 N–H and O–H groups in total. The second-order valence-electron chi connectivity index (χ2n) is 2.63. The first-order valence-electron chi connectivity index (χ1n) is 3.74. The number of fused-ring (bicyclic) bond motifs is 1. The van der Waals surface area contributed by atoms with E-state index in [2.05, 4.69) is 34.8 Å². The smallest absolute Gasteiger partial charge is 0.0337 e. The Kier molecular flexibility index (Phi) is 2.10. The van der Waals surface area contributed by atoms with E-state index >= 15 is 0 Å². The number of benzene rings is 1. The lowest BCUT2D eigenvalue weighted by Crippen LogP contribution is -2.06. The summed E-state index contributed by atoms with van der Waals surface area (Å²) in [6.07, 6.45) is 2.10. The van der Waals surface area contributed by atoms with E-state index in [1.165, 1.54) is 5.56 Å². The van der Waals surface area contributed by atoms with Gasteiger partial charge in [-0.25, -0.2) is 0 Å². The van der Waals surface area contributed by atoms with Crippen LogP contribution >= 0.6 is 11.8 Å². The zero-order valence-electron chi connectivity index (χ0n) is 6.79. The van der Waals surface area contributed by atoms with E-state index in [1.54, 1.807) is 0 Å². The average molecular weight is 180 g/mol. The summed E-state index contributed by atoms with van der Waals surface area (Å²) < 4.78 is 0. The summed E-state index contributed by atoms with van der Waals surface area (Å²) in [7, 11) is 0. The van der Waals surface area contributed by atoms with Crippen molar-refractivity contribution in [3.05, 3.63) is 29.2 Å². The third kappa shape index (κ3) is 1.35. The molecule has 12 heavy (non-hydrogen) atoms. The predicted octanol–water partition coefficient (Wildman–Crippen LogP) is 2.40. The molecule has 0 bridgehead atoms. The van der Waals surface area contributed by atoms with Gasteiger partial charge in [0.15, 0.2) is 0 Å². The van der Waals surface area contributed by atoms with Gasteiger partial charge in [-0.1, -0.05) is 12.1 Å². The molecule has 0 atom stereocenters. The van der Waals surface area contributed by atoms with Crippen LogP contribution < -0.4 is 11.0 Å². The van der Waals surface area contributed by atoms with Crippen LogP contribution in [0, 0.1) is 0 Å². The second kappa shape index (κ2) is 3.25. The molecule has 0 radical (unpaired) electrons. The fourth-order valence-corrected chi connectivity index (χ4v) is 1.70. The van der Waals surface area contributed by atoms with Crippen LogP contribution in [-0.2, 0) is 5.75 Å². The molecule has 3 nitrogen and oxygen atoms in total. The van der Waals surface area contributed by atoms with Crippen LogP contribution in [0.15, 0.2) is 18.2 Å². The van der Waals surface area contributed by atoms with Crippen molar-refractivity contribution in [1.29, 1.82) is 0 Å². The summed E-state index contributed by atoms with van der Waals surface area (Å²) >= 11 is 1.82. The number of nitrogens with zero attached hydrogens (tertiary/aromatic N) is 1. The summed E-state index contributed by atoms with van der Waals surface area (Å²) in [6.45, 7) is 0. The molecule has 0 spiro atoms. The highest BCUT2D eigenvalue weighted by molar-refractivity contribution is 7.97. The van der Waals surface area contributed by atoms with Gasteiger partial charge in [0.2, 0.25) is 0 Å². The number of hydrazine groups is 1. The van der Waals surface area contributed by atoms with Crippen LogP contribution in [0.1, 0.15) is 5.56 Å². The van der Waals surface area contributed by atoms with Gasteiger partial charge in [-0.05, 0) is 17.9 Å². The Labute approximate surface area is 75.9 Å². The van der Waals surface area contributed by atoms with Crippen LogP contribution in [-0.4, -0.2) is 6.26 Å². The molecule has 64 valence electrons. The third-order valence-corrected chi connectivity index (χ3v) is 2.36. The summed E-state index contributed by atoms with van der Waals surface area (Å²) in [4.78, 5) is 0. The van der Waals surface area contributed by atoms with Gasteiger partial charge in [0.25, 0.3) is 0 Å². The summed E-state index contributed by atoms with van der Waals surface area (Å²) in [5.41, 5.74) is 13.1. The summed E-state index contributed by atoms with van der Waals surface area (Å²) in [6, 6.07) is 6.25. The van der Waals surface area contributed by atoms with Crippen LogP contribution in [0.3, 0.4) is 0 Å². The SMILES string of the molecule is CSCc1ccc2c(c1)NN[N-]2. The maximum atomic E-state index is 4.03. The Morgan fingerprint density at radius 2 is 2.42 bits per heavy atom. The van der Waals surface area contributed by atoms with Crippen molar-refractivity contribution >= 4 is 23.1 Å². The normalized spacial score (nSPS) is 13.4. The standard InChI is InChI=1S/C8H10N3S/c1-12-5-6-2-3-7-8(4-6)10-11-9-7/h2-4,10-11H,5H2,1H3/q-1. The van der Waals surface area contributed by atoms with Crippen molar-refractivity contribution in [2.75, 3.05) is 11.7 Å². The molecule has 2 rings (SSSR count). The largest absolute Gasteiger partial charge is 0.602 e. The average Bonchev–Trinajstić information content (AvgIpc) is 2.51. The molecule has 0 aliphatic carbocycles. The van der Waals surface area contributed by atoms with Gasteiger partial charge < -0.3 is 16.4 Å².